The van der Waals surface area contributed by atoms with E-state index in [1.54, 1.807) is 11.3 Å². The van der Waals surface area contributed by atoms with E-state index in [-0.39, 0.29) is 5.54 Å². The van der Waals surface area contributed by atoms with Gasteiger partial charge in [0, 0.05) is 11.4 Å². The molecule has 1 saturated carbocycles. The summed E-state index contributed by atoms with van der Waals surface area (Å²) in [5.41, 5.74) is -0.177. The van der Waals surface area contributed by atoms with Crippen LogP contribution in [-0.4, -0.2) is 5.54 Å². The molecule has 1 aliphatic carbocycles. The molecule has 0 spiro atoms. The van der Waals surface area contributed by atoms with Crippen molar-refractivity contribution in [1.82, 2.24) is 5.32 Å². The van der Waals surface area contributed by atoms with Crippen molar-refractivity contribution in [3.05, 3.63) is 22.4 Å². The van der Waals surface area contributed by atoms with Crippen LogP contribution in [0.4, 0.5) is 0 Å². The molecule has 0 amide bonds. The first-order valence-corrected chi connectivity index (χ1v) is 4.91. The molecule has 3 heteroatoms. The largest absolute Gasteiger partial charge is 0.294 e. The van der Waals surface area contributed by atoms with Crippen LogP contribution in [0, 0.1) is 11.3 Å². The molecule has 1 N–H and O–H groups in total. The zero-order chi connectivity index (χ0) is 8.44. The number of rotatable bonds is 3. The van der Waals surface area contributed by atoms with E-state index < -0.39 is 0 Å². The third-order valence-electron chi connectivity index (χ3n) is 2.15. The molecule has 1 aromatic rings. The first-order valence-electron chi connectivity index (χ1n) is 4.03. The Morgan fingerprint density at radius 1 is 1.67 bits per heavy atom. The van der Waals surface area contributed by atoms with E-state index in [1.807, 2.05) is 6.07 Å². The summed E-state index contributed by atoms with van der Waals surface area (Å²) in [6.07, 6.45) is 2.02. The molecule has 62 valence electrons. The molecule has 0 aromatic carbocycles. The smallest absolute Gasteiger partial charge is 0.107 e. The van der Waals surface area contributed by atoms with E-state index in [9.17, 15) is 0 Å². The fraction of sp³-hybridized carbons (Fsp3) is 0.444. The molecule has 0 aliphatic heterocycles. The number of hydrogen-bond donors (Lipinski definition) is 1. The highest BCUT2D eigenvalue weighted by atomic mass is 32.1. The molecule has 0 bridgehead atoms. The molecule has 1 heterocycles. The van der Waals surface area contributed by atoms with Gasteiger partial charge in [-0.05, 0) is 24.3 Å². The Kier molecular flexibility index (Phi) is 1.87. The Balaban J connectivity index is 1.88. The van der Waals surface area contributed by atoms with Crippen LogP contribution in [0.2, 0.25) is 0 Å². The molecular weight excluding hydrogens is 168 g/mol. The highest BCUT2D eigenvalue weighted by Crippen LogP contribution is 2.34. The van der Waals surface area contributed by atoms with E-state index >= 15 is 0 Å². The third kappa shape index (κ3) is 1.50. The average Bonchev–Trinajstić information content (AvgIpc) is 2.70. The summed E-state index contributed by atoms with van der Waals surface area (Å²) in [5, 5.41) is 14.1. The molecule has 1 aromatic heterocycles. The monoisotopic (exact) mass is 178 g/mol. The number of nitriles is 1. The van der Waals surface area contributed by atoms with Gasteiger partial charge < -0.3 is 0 Å². The first-order chi connectivity index (χ1) is 5.85. The van der Waals surface area contributed by atoms with Crippen LogP contribution < -0.4 is 5.32 Å². The topological polar surface area (TPSA) is 35.8 Å². The summed E-state index contributed by atoms with van der Waals surface area (Å²) in [4.78, 5) is 1.30. The molecule has 0 unspecified atom stereocenters. The second kappa shape index (κ2) is 2.89. The van der Waals surface area contributed by atoms with Gasteiger partial charge in [0.2, 0.25) is 0 Å². The van der Waals surface area contributed by atoms with Gasteiger partial charge in [-0.15, -0.1) is 11.3 Å². The molecule has 2 nitrogen and oxygen atoms in total. The second-order valence-electron chi connectivity index (χ2n) is 3.13. The highest BCUT2D eigenvalue weighted by Gasteiger charge is 2.42. The van der Waals surface area contributed by atoms with Gasteiger partial charge in [-0.25, -0.2) is 0 Å². The van der Waals surface area contributed by atoms with Crippen molar-refractivity contribution in [3.63, 3.8) is 0 Å². The lowest BCUT2D eigenvalue weighted by atomic mass is 10.3. The maximum absolute atomic E-state index is 8.78. The molecule has 0 atom stereocenters. The quantitative estimate of drug-likeness (QED) is 0.767. The van der Waals surface area contributed by atoms with Gasteiger partial charge in [0.15, 0.2) is 0 Å². The van der Waals surface area contributed by atoms with Crippen molar-refractivity contribution in [2.24, 2.45) is 0 Å². The molecule has 2 rings (SSSR count). The molecule has 0 radical (unpaired) electrons. The van der Waals surface area contributed by atoms with E-state index in [0.717, 1.165) is 19.4 Å². The van der Waals surface area contributed by atoms with Crippen molar-refractivity contribution >= 4 is 11.3 Å². The number of thiophene rings is 1. The fourth-order valence-electron chi connectivity index (χ4n) is 1.12. The van der Waals surface area contributed by atoms with Gasteiger partial charge in [-0.2, -0.15) is 5.26 Å². The van der Waals surface area contributed by atoms with E-state index in [0.29, 0.717) is 0 Å². The molecular formula is C9H10N2S. The summed E-state index contributed by atoms with van der Waals surface area (Å²) in [6, 6.07) is 6.43. The van der Waals surface area contributed by atoms with E-state index in [1.165, 1.54) is 4.88 Å². The zero-order valence-electron chi connectivity index (χ0n) is 6.71. The second-order valence-corrected chi connectivity index (χ2v) is 4.16. The minimum atomic E-state index is -0.177. The van der Waals surface area contributed by atoms with Crippen LogP contribution in [0.3, 0.4) is 0 Å². The Morgan fingerprint density at radius 2 is 2.50 bits per heavy atom. The lowest BCUT2D eigenvalue weighted by molar-refractivity contribution is 0.601. The van der Waals surface area contributed by atoms with Crippen molar-refractivity contribution in [1.29, 1.82) is 5.26 Å². The summed E-state index contributed by atoms with van der Waals surface area (Å²) in [6.45, 7) is 0.839. The number of nitrogens with one attached hydrogen (secondary N) is 1. The zero-order valence-corrected chi connectivity index (χ0v) is 7.53. The van der Waals surface area contributed by atoms with Crippen LogP contribution in [-0.2, 0) is 6.54 Å². The van der Waals surface area contributed by atoms with Gasteiger partial charge in [0.1, 0.15) is 5.54 Å². The predicted molar refractivity (Wildman–Crippen MR) is 48.7 cm³/mol. The Morgan fingerprint density at radius 3 is 3.00 bits per heavy atom. The average molecular weight is 178 g/mol. The Bertz CT molecular complexity index is 293. The summed E-state index contributed by atoms with van der Waals surface area (Å²) >= 11 is 1.73. The summed E-state index contributed by atoms with van der Waals surface area (Å²) in [7, 11) is 0. The normalized spacial score (nSPS) is 18.6. The van der Waals surface area contributed by atoms with Crippen molar-refractivity contribution < 1.29 is 0 Å². The van der Waals surface area contributed by atoms with Crippen LogP contribution in [0.25, 0.3) is 0 Å². The van der Waals surface area contributed by atoms with Gasteiger partial charge in [0.05, 0.1) is 6.07 Å². The summed E-state index contributed by atoms with van der Waals surface area (Å²) < 4.78 is 0. The van der Waals surface area contributed by atoms with Crippen molar-refractivity contribution in [2.45, 2.75) is 24.9 Å². The first kappa shape index (κ1) is 7.78. The van der Waals surface area contributed by atoms with E-state index in [4.69, 9.17) is 5.26 Å². The van der Waals surface area contributed by atoms with Crippen molar-refractivity contribution in [3.8, 4) is 6.07 Å². The van der Waals surface area contributed by atoms with Gasteiger partial charge in [-0.1, -0.05) is 6.07 Å². The van der Waals surface area contributed by atoms with Crippen LogP contribution in [0.1, 0.15) is 17.7 Å². The van der Waals surface area contributed by atoms with Gasteiger partial charge in [0.25, 0.3) is 0 Å². The highest BCUT2D eigenvalue weighted by molar-refractivity contribution is 7.09. The predicted octanol–water partition coefficient (Wildman–Crippen LogP) is 1.89. The minimum Gasteiger partial charge on any atom is -0.294 e. The van der Waals surface area contributed by atoms with Gasteiger partial charge in [-0.3, -0.25) is 5.32 Å². The molecule has 1 aliphatic rings. The van der Waals surface area contributed by atoms with Crippen LogP contribution in [0.15, 0.2) is 17.5 Å². The van der Waals surface area contributed by atoms with E-state index in [2.05, 4.69) is 22.8 Å². The Labute approximate surface area is 75.8 Å². The lowest BCUT2D eigenvalue weighted by Gasteiger charge is -2.06. The minimum absolute atomic E-state index is 0.177. The molecule has 1 fully saturated rings. The third-order valence-corrected chi connectivity index (χ3v) is 3.02. The SMILES string of the molecule is N#CC1(NCc2cccs2)CC1. The molecule has 12 heavy (non-hydrogen) atoms. The van der Waals surface area contributed by atoms with Crippen LogP contribution in [0.5, 0.6) is 0 Å². The van der Waals surface area contributed by atoms with Crippen LogP contribution >= 0.6 is 11.3 Å². The maximum Gasteiger partial charge on any atom is 0.107 e. The Hall–Kier alpha value is -0.850. The van der Waals surface area contributed by atoms with Crippen molar-refractivity contribution in [2.75, 3.05) is 0 Å². The summed E-state index contributed by atoms with van der Waals surface area (Å²) in [5.74, 6) is 0. The maximum atomic E-state index is 8.78. The fourth-order valence-corrected chi connectivity index (χ4v) is 1.77. The standard InChI is InChI=1S/C9H10N2S/c10-7-9(3-4-9)11-6-8-2-1-5-12-8/h1-2,5,11H,3-4,6H2. The lowest BCUT2D eigenvalue weighted by Crippen LogP contribution is -2.28. The van der Waals surface area contributed by atoms with Gasteiger partial charge >= 0.3 is 0 Å². The molecule has 0 saturated heterocycles. The number of nitrogens with zero attached hydrogens (tertiary/aromatic N) is 1. The number of hydrogen-bond acceptors (Lipinski definition) is 3.